The van der Waals surface area contributed by atoms with E-state index in [0.717, 1.165) is 19.3 Å². The van der Waals surface area contributed by atoms with Crippen LogP contribution in [0.3, 0.4) is 0 Å². The molecule has 1 fully saturated rings. The van der Waals surface area contributed by atoms with Crippen molar-refractivity contribution >= 4 is 15.7 Å². The normalized spacial score (nSPS) is 21.7. The van der Waals surface area contributed by atoms with Crippen molar-refractivity contribution in [3.8, 4) is 12.3 Å². The Kier molecular flexibility index (Phi) is 7.20. The van der Waals surface area contributed by atoms with Gasteiger partial charge in [0.1, 0.15) is 0 Å². The molecule has 1 heterocycles. The number of amides is 1. The van der Waals surface area contributed by atoms with E-state index < -0.39 is 9.84 Å². The molecule has 0 aromatic rings. The fourth-order valence-electron chi connectivity index (χ4n) is 2.80. The topological polar surface area (TPSA) is 80.5 Å². The highest BCUT2D eigenvalue weighted by Gasteiger charge is 2.34. The number of nitrogens with zero attached hydrogens (tertiary/aromatic N) is 1. The van der Waals surface area contributed by atoms with Crippen LogP contribution in [-0.2, 0) is 14.6 Å². The number of nitrogens with two attached hydrogens (primary N) is 1. The fourth-order valence-corrected chi connectivity index (χ4v) is 4.53. The van der Waals surface area contributed by atoms with E-state index in [0.29, 0.717) is 25.3 Å². The van der Waals surface area contributed by atoms with Crippen molar-refractivity contribution in [1.82, 2.24) is 4.90 Å². The lowest BCUT2D eigenvalue weighted by molar-refractivity contribution is -0.132. The van der Waals surface area contributed by atoms with Crippen molar-refractivity contribution in [1.29, 1.82) is 0 Å². The number of rotatable bonds is 8. The standard InChI is InChI=1S/C15H26N2O3S/c1-3-10-17(14-8-11-21(19,20)12-14)15(18)6-5-13(4-2)7-9-16/h1,13-14H,4-12,16H2,2H3. The molecule has 0 radical (unpaired) electrons. The van der Waals surface area contributed by atoms with Gasteiger partial charge in [-0.2, -0.15) is 0 Å². The molecule has 21 heavy (non-hydrogen) atoms. The molecule has 6 heteroatoms. The number of terminal acetylenes is 1. The highest BCUT2D eigenvalue weighted by molar-refractivity contribution is 7.91. The van der Waals surface area contributed by atoms with Gasteiger partial charge in [0.2, 0.25) is 5.91 Å². The summed E-state index contributed by atoms with van der Waals surface area (Å²) in [7, 11) is -3.02. The van der Waals surface area contributed by atoms with Gasteiger partial charge < -0.3 is 10.6 Å². The third-order valence-corrected chi connectivity index (χ3v) is 5.90. The average Bonchev–Trinajstić information content (AvgIpc) is 2.80. The Morgan fingerprint density at radius 2 is 2.19 bits per heavy atom. The third-order valence-electron chi connectivity index (χ3n) is 4.15. The molecular formula is C15H26N2O3S. The molecule has 2 N–H and O–H groups in total. The number of carbonyl (C=O) groups is 1. The second-order valence-electron chi connectivity index (χ2n) is 5.67. The molecule has 1 amide bonds. The van der Waals surface area contributed by atoms with Crippen molar-refractivity contribution in [2.75, 3.05) is 24.6 Å². The van der Waals surface area contributed by atoms with Gasteiger partial charge in [0, 0.05) is 12.5 Å². The Bertz CT molecular complexity index is 482. The lowest BCUT2D eigenvalue weighted by atomic mass is 9.96. The minimum Gasteiger partial charge on any atom is -0.330 e. The summed E-state index contributed by atoms with van der Waals surface area (Å²) in [5, 5.41) is 0. The molecule has 0 spiro atoms. The molecule has 2 unspecified atom stereocenters. The summed E-state index contributed by atoms with van der Waals surface area (Å²) in [5.74, 6) is 3.07. The van der Waals surface area contributed by atoms with Crippen LogP contribution in [0.25, 0.3) is 0 Å². The molecular weight excluding hydrogens is 288 g/mol. The van der Waals surface area contributed by atoms with E-state index in [2.05, 4.69) is 12.8 Å². The summed E-state index contributed by atoms with van der Waals surface area (Å²) in [6, 6.07) is -0.256. The van der Waals surface area contributed by atoms with Gasteiger partial charge in [0.25, 0.3) is 0 Å². The van der Waals surface area contributed by atoms with Crippen LogP contribution in [0.15, 0.2) is 0 Å². The molecule has 0 aliphatic carbocycles. The van der Waals surface area contributed by atoms with E-state index in [9.17, 15) is 13.2 Å². The molecule has 0 aromatic carbocycles. The lowest BCUT2D eigenvalue weighted by Crippen LogP contribution is -2.41. The largest absolute Gasteiger partial charge is 0.330 e. The van der Waals surface area contributed by atoms with Crippen molar-refractivity contribution in [3.05, 3.63) is 0 Å². The van der Waals surface area contributed by atoms with Crippen LogP contribution in [0.5, 0.6) is 0 Å². The number of hydrogen-bond donors (Lipinski definition) is 1. The summed E-state index contributed by atoms with van der Waals surface area (Å²) in [6.07, 6.45) is 8.93. The molecule has 120 valence electrons. The zero-order valence-electron chi connectivity index (χ0n) is 12.8. The minimum absolute atomic E-state index is 0.0366. The second-order valence-corrected chi connectivity index (χ2v) is 7.90. The molecule has 5 nitrogen and oxygen atoms in total. The van der Waals surface area contributed by atoms with E-state index >= 15 is 0 Å². The van der Waals surface area contributed by atoms with Gasteiger partial charge in [-0.05, 0) is 31.7 Å². The van der Waals surface area contributed by atoms with Crippen LogP contribution in [-0.4, -0.2) is 49.9 Å². The van der Waals surface area contributed by atoms with Crippen LogP contribution in [0, 0.1) is 18.3 Å². The van der Waals surface area contributed by atoms with E-state index in [4.69, 9.17) is 12.2 Å². The van der Waals surface area contributed by atoms with E-state index in [1.54, 1.807) is 4.90 Å². The van der Waals surface area contributed by atoms with Crippen LogP contribution in [0.2, 0.25) is 0 Å². The summed E-state index contributed by atoms with van der Waals surface area (Å²) < 4.78 is 23.1. The van der Waals surface area contributed by atoms with Gasteiger partial charge in [0.15, 0.2) is 9.84 Å². The van der Waals surface area contributed by atoms with Gasteiger partial charge in [-0.3, -0.25) is 4.79 Å². The molecule has 0 bridgehead atoms. The van der Waals surface area contributed by atoms with Crippen molar-refractivity contribution in [2.24, 2.45) is 11.7 Å². The SMILES string of the molecule is C#CCN(C(=O)CCC(CC)CCN)C1CCS(=O)(=O)C1. The summed E-state index contributed by atoms with van der Waals surface area (Å²) in [6.45, 7) is 2.90. The van der Waals surface area contributed by atoms with Crippen LogP contribution in [0.4, 0.5) is 0 Å². The predicted molar refractivity (Wildman–Crippen MR) is 84.3 cm³/mol. The highest BCUT2D eigenvalue weighted by atomic mass is 32.2. The van der Waals surface area contributed by atoms with Gasteiger partial charge in [-0.1, -0.05) is 19.3 Å². The maximum atomic E-state index is 12.4. The highest BCUT2D eigenvalue weighted by Crippen LogP contribution is 2.21. The first-order valence-electron chi connectivity index (χ1n) is 7.57. The van der Waals surface area contributed by atoms with E-state index in [1.807, 2.05) is 0 Å². The summed E-state index contributed by atoms with van der Waals surface area (Å²) in [5.41, 5.74) is 5.56. The molecule has 1 rings (SSSR count). The summed E-state index contributed by atoms with van der Waals surface area (Å²) in [4.78, 5) is 13.9. The molecule has 1 aliphatic heterocycles. The Balaban J connectivity index is 2.60. The van der Waals surface area contributed by atoms with Gasteiger partial charge in [0.05, 0.1) is 18.1 Å². The Morgan fingerprint density at radius 1 is 1.48 bits per heavy atom. The first kappa shape index (κ1) is 18.0. The quantitative estimate of drug-likeness (QED) is 0.672. The first-order chi connectivity index (χ1) is 9.93. The number of carbonyl (C=O) groups excluding carboxylic acids is 1. The zero-order chi connectivity index (χ0) is 15.9. The first-order valence-corrected chi connectivity index (χ1v) is 9.39. The minimum atomic E-state index is -3.02. The zero-order valence-corrected chi connectivity index (χ0v) is 13.6. The third kappa shape index (κ3) is 5.68. The average molecular weight is 314 g/mol. The van der Waals surface area contributed by atoms with Crippen LogP contribution >= 0.6 is 0 Å². The molecule has 2 atom stereocenters. The Labute approximate surface area is 128 Å². The van der Waals surface area contributed by atoms with Crippen LogP contribution < -0.4 is 5.73 Å². The van der Waals surface area contributed by atoms with Crippen molar-refractivity contribution in [3.63, 3.8) is 0 Å². The van der Waals surface area contributed by atoms with Gasteiger partial charge in [-0.15, -0.1) is 6.42 Å². The molecule has 0 saturated carbocycles. The molecule has 0 aromatic heterocycles. The van der Waals surface area contributed by atoms with Gasteiger partial charge >= 0.3 is 0 Å². The van der Waals surface area contributed by atoms with E-state index in [-0.39, 0.29) is 30.0 Å². The van der Waals surface area contributed by atoms with Gasteiger partial charge in [-0.25, -0.2) is 8.42 Å². The number of sulfone groups is 1. The predicted octanol–water partition coefficient (Wildman–Crippen LogP) is 0.791. The fraction of sp³-hybridized carbons (Fsp3) is 0.800. The second kappa shape index (κ2) is 8.40. The van der Waals surface area contributed by atoms with Crippen molar-refractivity contribution < 1.29 is 13.2 Å². The Hall–Kier alpha value is -1.06. The smallest absolute Gasteiger partial charge is 0.223 e. The molecule has 1 aliphatic rings. The molecule has 1 saturated heterocycles. The van der Waals surface area contributed by atoms with E-state index in [1.165, 1.54) is 0 Å². The lowest BCUT2D eigenvalue weighted by Gasteiger charge is -2.27. The number of hydrogen-bond acceptors (Lipinski definition) is 4. The van der Waals surface area contributed by atoms with Crippen molar-refractivity contribution in [2.45, 2.75) is 45.1 Å². The van der Waals surface area contributed by atoms with Crippen LogP contribution in [0.1, 0.15) is 39.0 Å². The monoisotopic (exact) mass is 314 g/mol. The Morgan fingerprint density at radius 3 is 2.67 bits per heavy atom. The maximum absolute atomic E-state index is 12.4. The summed E-state index contributed by atoms with van der Waals surface area (Å²) >= 11 is 0. The maximum Gasteiger partial charge on any atom is 0.223 e.